The van der Waals surface area contributed by atoms with Crippen LogP contribution in [-0.4, -0.2) is 42.0 Å². The van der Waals surface area contributed by atoms with Crippen LogP contribution in [-0.2, 0) is 0 Å². The molecule has 0 bridgehead atoms. The van der Waals surface area contributed by atoms with Gasteiger partial charge in [-0.3, -0.25) is 4.99 Å². The summed E-state index contributed by atoms with van der Waals surface area (Å²) in [6.45, 7) is 1.84. The molecule has 2 aliphatic heterocycles. The van der Waals surface area contributed by atoms with Crippen LogP contribution in [0.5, 0.6) is 0 Å². The summed E-state index contributed by atoms with van der Waals surface area (Å²) >= 11 is 0. The molecule has 2 aromatic rings. The zero-order chi connectivity index (χ0) is 15.8. The first kappa shape index (κ1) is 14.2. The van der Waals surface area contributed by atoms with Crippen LogP contribution in [0.25, 0.3) is 16.5 Å². The van der Waals surface area contributed by atoms with Crippen molar-refractivity contribution >= 4 is 34.2 Å². The molecule has 1 atom stereocenters. The Hall–Kier alpha value is -2.40. The molecule has 0 spiro atoms. The lowest BCUT2D eigenvalue weighted by Crippen LogP contribution is -2.32. The van der Waals surface area contributed by atoms with Gasteiger partial charge in [-0.05, 0) is 36.1 Å². The standard InChI is InChI=1S/C18H20N4O/c19-18-9-17(22-7-1-2-14(22)11-23)15-4-3-12(8-16(15)21-18)13-5-6-20-10-13/h3-6,8-9,14,23H,1-2,7,10-11H2,(H2,19,21)/t14-/m1/s1. The van der Waals surface area contributed by atoms with Crippen molar-refractivity contribution in [2.75, 3.05) is 30.3 Å². The van der Waals surface area contributed by atoms with Crippen molar-refractivity contribution in [1.82, 2.24) is 4.98 Å². The number of aliphatic hydroxyl groups is 1. The fraction of sp³-hybridized carbons (Fsp3) is 0.333. The number of anilines is 2. The summed E-state index contributed by atoms with van der Waals surface area (Å²) in [7, 11) is 0. The number of benzene rings is 1. The van der Waals surface area contributed by atoms with Gasteiger partial charge in [0, 0.05) is 24.2 Å². The monoisotopic (exact) mass is 308 g/mol. The third-order valence-electron chi connectivity index (χ3n) is 4.72. The molecule has 1 saturated heterocycles. The number of hydrogen-bond acceptors (Lipinski definition) is 5. The lowest BCUT2D eigenvalue weighted by molar-refractivity contribution is 0.266. The summed E-state index contributed by atoms with van der Waals surface area (Å²) in [5.41, 5.74) is 10.4. The van der Waals surface area contributed by atoms with Crippen LogP contribution in [0.15, 0.2) is 35.3 Å². The van der Waals surface area contributed by atoms with Crippen LogP contribution >= 0.6 is 0 Å². The number of allylic oxidation sites excluding steroid dienone is 1. The van der Waals surface area contributed by atoms with E-state index in [0.29, 0.717) is 5.82 Å². The predicted molar refractivity (Wildman–Crippen MR) is 94.9 cm³/mol. The Morgan fingerprint density at radius 3 is 3.00 bits per heavy atom. The summed E-state index contributed by atoms with van der Waals surface area (Å²) in [6.07, 6.45) is 5.99. The quantitative estimate of drug-likeness (QED) is 0.912. The summed E-state index contributed by atoms with van der Waals surface area (Å²) in [5, 5.41) is 10.7. The third-order valence-corrected chi connectivity index (χ3v) is 4.72. The Balaban J connectivity index is 1.82. The molecule has 0 saturated carbocycles. The number of nitrogen functional groups attached to an aromatic ring is 1. The SMILES string of the molecule is Nc1cc(N2CCC[C@@H]2CO)c2ccc(C3=CC=NC3)cc2n1. The molecule has 5 nitrogen and oxygen atoms in total. The highest BCUT2D eigenvalue weighted by atomic mass is 16.3. The number of aliphatic imine (C=N–C) groups is 1. The number of pyridine rings is 1. The highest BCUT2D eigenvalue weighted by molar-refractivity contribution is 5.97. The molecule has 0 radical (unpaired) electrons. The molecule has 0 aliphatic carbocycles. The van der Waals surface area contributed by atoms with Gasteiger partial charge in [0.15, 0.2) is 0 Å². The van der Waals surface area contributed by atoms with Gasteiger partial charge >= 0.3 is 0 Å². The molecular formula is C18H20N4O. The third kappa shape index (κ3) is 2.47. The van der Waals surface area contributed by atoms with Crippen LogP contribution < -0.4 is 10.6 Å². The molecular weight excluding hydrogens is 288 g/mol. The van der Waals surface area contributed by atoms with Gasteiger partial charge in [0.2, 0.25) is 0 Å². The van der Waals surface area contributed by atoms with Gasteiger partial charge in [-0.15, -0.1) is 0 Å². The van der Waals surface area contributed by atoms with E-state index in [-0.39, 0.29) is 12.6 Å². The Bertz CT molecular complexity index is 812. The van der Waals surface area contributed by atoms with Gasteiger partial charge in [-0.2, -0.15) is 0 Å². The molecule has 23 heavy (non-hydrogen) atoms. The second kappa shape index (κ2) is 5.66. The van der Waals surface area contributed by atoms with Crippen molar-refractivity contribution in [2.45, 2.75) is 18.9 Å². The average molecular weight is 308 g/mol. The van der Waals surface area contributed by atoms with Gasteiger partial charge in [-0.1, -0.05) is 12.1 Å². The first-order chi connectivity index (χ1) is 11.3. The number of fused-ring (bicyclic) bond motifs is 1. The normalized spacial score (nSPS) is 20.5. The van der Waals surface area contributed by atoms with E-state index in [1.54, 1.807) is 0 Å². The van der Waals surface area contributed by atoms with Crippen LogP contribution in [0.4, 0.5) is 11.5 Å². The van der Waals surface area contributed by atoms with E-state index in [0.717, 1.165) is 48.1 Å². The van der Waals surface area contributed by atoms with Crippen LogP contribution in [0, 0.1) is 0 Å². The number of hydrogen-bond donors (Lipinski definition) is 2. The zero-order valence-corrected chi connectivity index (χ0v) is 12.9. The van der Waals surface area contributed by atoms with Gasteiger partial charge in [0.1, 0.15) is 5.82 Å². The van der Waals surface area contributed by atoms with Crippen molar-refractivity contribution in [3.8, 4) is 0 Å². The summed E-state index contributed by atoms with van der Waals surface area (Å²) < 4.78 is 0. The van der Waals surface area contributed by atoms with Gasteiger partial charge < -0.3 is 15.7 Å². The van der Waals surface area contributed by atoms with E-state index in [9.17, 15) is 5.11 Å². The minimum Gasteiger partial charge on any atom is -0.394 e. The van der Waals surface area contributed by atoms with E-state index in [1.165, 1.54) is 5.57 Å². The topological polar surface area (TPSA) is 74.7 Å². The molecule has 3 heterocycles. The zero-order valence-electron chi connectivity index (χ0n) is 12.9. The number of aromatic nitrogens is 1. The van der Waals surface area contributed by atoms with Crippen molar-refractivity contribution < 1.29 is 5.11 Å². The molecule has 1 aromatic carbocycles. The van der Waals surface area contributed by atoms with Gasteiger partial charge in [-0.25, -0.2) is 4.98 Å². The van der Waals surface area contributed by atoms with E-state index in [1.807, 2.05) is 18.4 Å². The molecule has 1 fully saturated rings. The second-order valence-electron chi connectivity index (χ2n) is 6.15. The highest BCUT2D eigenvalue weighted by Crippen LogP contribution is 2.34. The fourth-order valence-electron chi connectivity index (χ4n) is 3.54. The van der Waals surface area contributed by atoms with Gasteiger partial charge in [0.05, 0.1) is 30.4 Å². The molecule has 1 aromatic heterocycles. The summed E-state index contributed by atoms with van der Waals surface area (Å²) in [6, 6.07) is 8.41. The number of nitrogens with zero attached hydrogens (tertiary/aromatic N) is 3. The lowest BCUT2D eigenvalue weighted by Gasteiger charge is -2.27. The largest absolute Gasteiger partial charge is 0.394 e. The van der Waals surface area contributed by atoms with E-state index in [4.69, 9.17) is 5.73 Å². The maximum absolute atomic E-state index is 9.62. The smallest absolute Gasteiger partial charge is 0.126 e. The maximum Gasteiger partial charge on any atom is 0.126 e. The van der Waals surface area contributed by atoms with Crippen LogP contribution in [0.3, 0.4) is 0 Å². The summed E-state index contributed by atoms with van der Waals surface area (Å²) in [5.74, 6) is 0.518. The minimum absolute atomic E-state index is 0.172. The first-order valence-corrected chi connectivity index (χ1v) is 8.03. The molecule has 118 valence electrons. The molecule has 2 aliphatic rings. The Morgan fingerprint density at radius 1 is 1.30 bits per heavy atom. The second-order valence-corrected chi connectivity index (χ2v) is 6.15. The summed E-state index contributed by atoms with van der Waals surface area (Å²) in [4.78, 5) is 11.0. The van der Waals surface area contributed by atoms with E-state index in [2.05, 4.69) is 33.1 Å². The molecule has 0 amide bonds. The molecule has 4 rings (SSSR count). The van der Waals surface area contributed by atoms with E-state index >= 15 is 0 Å². The lowest BCUT2D eigenvalue weighted by atomic mass is 10.0. The van der Waals surface area contributed by atoms with Crippen molar-refractivity contribution in [2.24, 2.45) is 4.99 Å². The first-order valence-electron chi connectivity index (χ1n) is 8.03. The predicted octanol–water partition coefficient (Wildman–Crippen LogP) is 2.25. The Labute approximate surface area is 135 Å². The van der Waals surface area contributed by atoms with Gasteiger partial charge in [0.25, 0.3) is 0 Å². The maximum atomic E-state index is 9.62. The minimum atomic E-state index is 0.172. The molecule has 5 heteroatoms. The van der Waals surface area contributed by atoms with Crippen molar-refractivity contribution in [1.29, 1.82) is 0 Å². The van der Waals surface area contributed by atoms with Crippen molar-refractivity contribution in [3.63, 3.8) is 0 Å². The molecule has 0 unspecified atom stereocenters. The molecule has 3 N–H and O–H groups in total. The van der Waals surface area contributed by atoms with Crippen molar-refractivity contribution in [3.05, 3.63) is 35.9 Å². The van der Waals surface area contributed by atoms with Crippen LogP contribution in [0.2, 0.25) is 0 Å². The fourth-order valence-corrected chi connectivity index (χ4v) is 3.54. The number of aliphatic hydroxyl groups excluding tert-OH is 1. The highest BCUT2D eigenvalue weighted by Gasteiger charge is 2.25. The number of rotatable bonds is 3. The Morgan fingerprint density at radius 2 is 2.22 bits per heavy atom. The Kier molecular flexibility index (Phi) is 3.50. The number of nitrogens with two attached hydrogens (primary N) is 1. The average Bonchev–Trinajstić information content (AvgIpc) is 3.24. The van der Waals surface area contributed by atoms with Crippen LogP contribution in [0.1, 0.15) is 18.4 Å². The van der Waals surface area contributed by atoms with E-state index < -0.39 is 0 Å².